The molecule has 2 aromatic rings. The Balaban J connectivity index is 2.12. The van der Waals surface area contributed by atoms with Crippen molar-refractivity contribution in [3.05, 3.63) is 64.2 Å². The number of carbonyl (C=O) groups excluding carboxylic acids is 1. The van der Waals surface area contributed by atoms with Crippen LogP contribution >= 0.6 is 11.6 Å². The molecule has 0 radical (unpaired) electrons. The zero-order valence-electron chi connectivity index (χ0n) is 10.4. The summed E-state index contributed by atoms with van der Waals surface area (Å²) in [5, 5.41) is 3.46. The predicted octanol–water partition coefficient (Wildman–Crippen LogP) is 4.14. The Labute approximate surface area is 116 Å². The number of aryl methyl sites for hydroxylation is 1. The third kappa shape index (κ3) is 2.15. The molecule has 0 bridgehead atoms. The average Bonchev–Trinajstić information content (AvgIpc) is 2.68. The van der Waals surface area contributed by atoms with E-state index in [1.54, 1.807) is 12.1 Å². The van der Waals surface area contributed by atoms with Crippen molar-refractivity contribution in [3.63, 3.8) is 0 Å². The van der Waals surface area contributed by atoms with Crippen LogP contribution in [0.15, 0.2) is 42.5 Å². The molecule has 0 saturated carbocycles. The largest absolute Gasteiger partial charge is 0.321 e. The number of nitrogens with one attached hydrogen (secondary N) is 1. The summed E-state index contributed by atoms with van der Waals surface area (Å²) < 4.78 is 0. The van der Waals surface area contributed by atoms with Gasteiger partial charge >= 0.3 is 0 Å². The highest BCUT2D eigenvalue weighted by atomic mass is 35.5. The number of hydrogen-bond acceptors (Lipinski definition) is 1. The molecule has 0 fully saturated rings. The Morgan fingerprint density at radius 2 is 1.95 bits per heavy atom. The number of anilines is 1. The van der Waals surface area contributed by atoms with Gasteiger partial charge in [-0.05, 0) is 36.3 Å². The van der Waals surface area contributed by atoms with E-state index in [0.29, 0.717) is 10.6 Å². The molecule has 3 rings (SSSR count). The summed E-state index contributed by atoms with van der Waals surface area (Å²) in [6.45, 7) is 2.03. The second-order valence-corrected chi connectivity index (χ2v) is 5.00. The molecule has 2 nitrogen and oxygen atoms in total. The quantitative estimate of drug-likeness (QED) is 0.775. The first kappa shape index (κ1) is 12.0. The zero-order chi connectivity index (χ0) is 13.4. The smallest absolute Gasteiger partial charge is 0.256 e. The highest BCUT2D eigenvalue weighted by molar-refractivity contribution is 6.36. The molecule has 1 aliphatic rings. The molecular formula is C16H12ClNO. The minimum absolute atomic E-state index is 0.0829. The summed E-state index contributed by atoms with van der Waals surface area (Å²) in [7, 11) is 0. The number of fused-ring (bicyclic) bond motifs is 1. The summed E-state index contributed by atoms with van der Waals surface area (Å²) in [4.78, 5) is 12.0. The van der Waals surface area contributed by atoms with Gasteiger partial charge in [0.25, 0.3) is 5.91 Å². The molecule has 0 atom stereocenters. The molecule has 94 valence electrons. The van der Waals surface area contributed by atoms with E-state index in [2.05, 4.69) is 5.32 Å². The normalized spacial score (nSPS) is 15.5. The lowest BCUT2D eigenvalue weighted by Gasteiger charge is -2.02. The van der Waals surface area contributed by atoms with E-state index >= 15 is 0 Å². The third-order valence-corrected chi connectivity index (χ3v) is 3.49. The summed E-state index contributed by atoms with van der Waals surface area (Å²) >= 11 is 5.93. The van der Waals surface area contributed by atoms with E-state index in [-0.39, 0.29) is 5.91 Å². The SMILES string of the molecule is Cc1ccccc1/C=C1\C(=O)Nc2cc(Cl)ccc21. The molecule has 0 unspecified atom stereocenters. The van der Waals surface area contributed by atoms with Crippen molar-refractivity contribution in [2.75, 3.05) is 5.32 Å². The lowest BCUT2D eigenvalue weighted by molar-refractivity contribution is -0.110. The molecule has 3 heteroatoms. The van der Waals surface area contributed by atoms with Crippen LogP contribution in [-0.2, 0) is 4.79 Å². The fourth-order valence-electron chi connectivity index (χ4n) is 2.21. The van der Waals surface area contributed by atoms with E-state index in [4.69, 9.17) is 11.6 Å². The Morgan fingerprint density at radius 1 is 1.16 bits per heavy atom. The van der Waals surface area contributed by atoms with Crippen LogP contribution in [-0.4, -0.2) is 5.91 Å². The summed E-state index contributed by atoms with van der Waals surface area (Å²) in [5.74, 6) is -0.0829. The highest BCUT2D eigenvalue weighted by Crippen LogP contribution is 2.35. The van der Waals surface area contributed by atoms with E-state index in [0.717, 1.165) is 22.4 Å². The van der Waals surface area contributed by atoms with Gasteiger partial charge in [0, 0.05) is 16.2 Å². The van der Waals surface area contributed by atoms with Gasteiger partial charge in [-0.15, -0.1) is 0 Å². The first-order valence-electron chi connectivity index (χ1n) is 6.04. The maximum Gasteiger partial charge on any atom is 0.256 e. The highest BCUT2D eigenvalue weighted by Gasteiger charge is 2.24. The second kappa shape index (κ2) is 4.56. The van der Waals surface area contributed by atoms with Crippen LogP contribution in [0.2, 0.25) is 5.02 Å². The maximum absolute atomic E-state index is 12.0. The number of amides is 1. The van der Waals surface area contributed by atoms with Gasteiger partial charge in [-0.3, -0.25) is 4.79 Å². The minimum atomic E-state index is -0.0829. The van der Waals surface area contributed by atoms with Crippen molar-refractivity contribution >= 4 is 34.8 Å². The van der Waals surface area contributed by atoms with Gasteiger partial charge in [-0.1, -0.05) is 41.9 Å². The van der Waals surface area contributed by atoms with Gasteiger partial charge in [0.1, 0.15) is 0 Å². The van der Waals surface area contributed by atoms with Crippen molar-refractivity contribution in [1.82, 2.24) is 0 Å². The summed E-state index contributed by atoms with van der Waals surface area (Å²) in [5.41, 5.74) is 4.55. The fourth-order valence-corrected chi connectivity index (χ4v) is 2.39. The third-order valence-electron chi connectivity index (χ3n) is 3.25. The monoisotopic (exact) mass is 269 g/mol. The number of halogens is 1. The van der Waals surface area contributed by atoms with E-state index < -0.39 is 0 Å². The van der Waals surface area contributed by atoms with Crippen molar-refractivity contribution in [3.8, 4) is 0 Å². The van der Waals surface area contributed by atoms with Crippen molar-refractivity contribution in [2.24, 2.45) is 0 Å². The topological polar surface area (TPSA) is 29.1 Å². The number of benzene rings is 2. The standard InChI is InChI=1S/C16H12ClNO/c1-10-4-2-3-5-11(10)8-14-13-7-6-12(17)9-15(13)18-16(14)19/h2-9H,1H3,(H,18,19)/b14-8-. The first-order valence-corrected chi connectivity index (χ1v) is 6.41. The molecule has 2 aromatic carbocycles. The van der Waals surface area contributed by atoms with Gasteiger partial charge < -0.3 is 5.32 Å². The van der Waals surface area contributed by atoms with Crippen LogP contribution in [0.4, 0.5) is 5.69 Å². The predicted molar refractivity (Wildman–Crippen MR) is 79.1 cm³/mol. The zero-order valence-corrected chi connectivity index (χ0v) is 11.2. The van der Waals surface area contributed by atoms with Crippen LogP contribution in [0, 0.1) is 6.92 Å². The Hall–Kier alpha value is -2.06. The fraction of sp³-hybridized carbons (Fsp3) is 0.0625. The van der Waals surface area contributed by atoms with Gasteiger partial charge in [-0.25, -0.2) is 0 Å². The lowest BCUT2D eigenvalue weighted by Crippen LogP contribution is -2.03. The molecule has 0 spiro atoms. The van der Waals surface area contributed by atoms with Crippen LogP contribution in [0.25, 0.3) is 11.6 Å². The van der Waals surface area contributed by atoms with Crippen LogP contribution in [0.1, 0.15) is 16.7 Å². The van der Waals surface area contributed by atoms with Crippen molar-refractivity contribution < 1.29 is 4.79 Å². The lowest BCUT2D eigenvalue weighted by atomic mass is 10.0. The molecule has 1 aliphatic heterocycles. The first-order chi connectivity index (χ1) is 9.15. The molecule has 1 amide bonds. The van der Waals surface area contributed by atoms with Crippen LogP contribution in [0.5, 0.6) is 0 Å². The minimum Gasteiger partial charge on any atom is -0.321 e. The number of hydrogen-bond donors (Lipinski definition) is 1. The number of carbonyl (C=O) groups is 1. The van der Waals surface area contributed by atoms with Crippen LogP contribution < -0.4 is 5.32 Å². The average molecular weight is 270 g/mol. The molecule has 0 aromatic heterocycles. The molecule has 1 N–H and O–H groups in total. The Bertz CT molecular complexity index is 704. The van der Waals surface area contributed by atoms with Crippen molar-refractivity contribution in [2.45, 2.75) is 6.92 Å². The van der Waals surface area contributed by atoms with E-state index in [1.807, 2.05) is 43.3 Å². The van der Waals surface area contributed by atoms with Gasteiger partial charge in [0.15, 0.2) is 0 Å². The van der Waals surface area contributed by atoms with Gasteiger partial charge in [0.2, 0.25) is 0 Å². The molecular weight excluding hydrogens is 258 g/mol. The summed E-state index contributed by atoms with van der Waals surface area (Å²) in [6.07, 6.45) is 1.92. The number of rotatable bonds is 1. The van der Waals surface area contributed by atoms with Crippen molar-refractivity contribution in [1.29, 1.82) is 0 Å². The van der Waals surface area contributed by atoms with E-state index in [1.165, 1.54) is 0 Å². The molecule has 1 heterocycles. The molecule has 0 aliphatic carbocycles. The van der Waals surface area contributed by atoms with Crippen LogP contribution in [0.3, 0.4) is 0 Å². The molecule has 19 heavy (non-hydrogen) atoms. The second-order valence-electron chi connectivity index (χ2n) is 4.56. The van der Waals surface area contributed by atoms with E-state index in [9.17, 15) is 4.79 Å². The summed E-state index contributed by atoms with van der Waals surface area (Å²) in [6, 6.07) is 13.4. The Morgan fingerprint density at radius 3 is 2.74 bits per heavy atom. The maximum atomic E-state index is 12.0. The van der Waals surface area contributed by atoms with Gasteiger partial charge in [0.05, 0.1) is 5.69 Å². The van der Waals surface area contributed by atoms with Gasteiger partial charge in [-0.2, -0.15) is 0 Å². The Kier molecular flexibility index (Phi) is 2.88. The molecule has 0 saturated heterocycles.